The summed E-state index contributed by atoms with van der Waals surface area (Å²) in [5.74, 6) is 0.129. The Labute approximate surface area is 98.0 Å². The number of amides is 1. The van der Waals surface area contributed by atoms with Crippen LogP contribution in [-0.4, -0.2) is 47.2 Å². The molecule has 1 fully saturated rings. The van der Waals surface area contributed by atoms with Gasteiger partial charge in [0, 0.05) is 13.1 Å². The molecule has 4 nitrogen and oxygen atoms in total. The molecule has 1 saturated heterocycles. The van der Waals surface area contributed by atoms with E-state index in [9.17, 15) is 9.90 Å². The minimum atomic E-state index is -0.819. The molecule has 1 aliphatic heterocycles. The fourth-order valence-corrected chi connectivity index (χ4v) is 2.10. The van der Waals surface area contributed by atoms with Crippen LogP contribution in [-0.2, 0) is 4.79 Å². The van der Waals surface area contributed by atoms with Gasteiger partial charge in [-0.3, -0.25) is 4.79 Å². The molecule has 0 unspecified atom stereocenters. The van der Waals surface area contributed by atoms with Crippen molar-refractivity contribution in [1.29, 1.82) is 0 Å². The quantitative estimate of drug-likeness (QED) is 0.746. The number of rotatable bonds is 4. The summed E-state index contributed by atoms with van der Waals surface area (Å²) < 4.78 is 0. The van der Waals surface area contributed by atoms with E-state index >= 15 is 0 Å². The van der Waals surface area contributed by atoms with E-state index in [0.29, 0.717) is 13.1 Å². The average molecular weight is 228 g/mol. The van der Waals surface area contributed by atoms with Crippen molar-refractivity contribution in [3.63, 3.8) is 0 Å². The zero-order valence-corrected chi connectivity index (χ0v) is 10.6. The molecular weight excluding hydrogens is 204 g/mol. The number of hydrogen-bond donors (Lipinski definition) is 2. The molecule has 1 rings (SSSR count). The average Bonchev–Trinajstić information content (AvgIpc) is 2.25. The van der Waals surface area contributed by atoms with Crippen LogP contribution in [0.3, 0.4) is 0 Å². The predicted octanol–water partition coefficient (Wildman–Crippen LogP) is 0.748. The lowest BCUT2D eigenvalue weighted by Gasteiger charge is -2.32. The second kappa shape index (κ2) is 5.64. The highest BCUT2D eigenvalue weighted by Crippen LogP contribution is 2.12. The molecule has 1 heterocycles. The molecular formula is C12H24N2O2. The monoisotopic (exact) mass is 228 g/mol. The SMILES string of the molecule is CCN(CC(C)(C)O)C(=O)[C@@H]1CCCCN1. The van der Waals surface area contributed by atoms with Gasteiger partial charge in [-0.15, -0.1) is 0 Å². The first-order chi connectivity index (χ1) is 7.44. The van der Waals surface area contributed by atoms with Crippen LogP contribution in [0.5, 0.6) is 0 Å². The Morgan fingerprint density at radius 3 is 2.62 bits per heavy atom. The molecule has 0 aromatic carbocycles. The summed E-state index contributed by atoms with van der Waals surface area (Å²) in [6.45, 7) is 7.40. The molecule has 0 aromatic rings. The molecule has 2 N–H and O–H groups in total. The maximum atomic E-state index is 12.2. The highest BCUT2D eigenvalue weighted by atomic mass is 16.3. The lowest BCUT2D eigenvalue weighted by Crippen LogP contribution is -2.51. The van der Waals surface area contributed by atoms with E-state index in [4.69, 9.17) is 0 Å². The summed E-state index contributed by atoms with van der Waals surface area (Å²) >= 11 is 0. The van der Waals surface area contributed by atoms with Crippen LogP contribution in [0.2, 0.25) is 0 Å². The van der Waals surface area contributed by atoms with Crippen LogP contribution in [0, 0.1) is 0 Å². The third kappa shape index (κ3) is 4.10. The van der Waals surface area contributed by atoms with Crippen molar-refractivity contribution in [3.05, 3.63) is 0 Å². The third-order valence-electron chi connectivity index (χ3n) is 2.88. The maximum Gasteiger partial charge on any atom is 0.239 e. The fraction of sp³-hybridized carbons (Fsp3) is 0.917. The van der Waals surface area contributed by atoms with Gasteiger partial charge in [-0.05, 0) is 40.2 Å². The zero-order valence-electron chi connectivity index (χ0n) is 10.6. The number of carbonyl (C=O) groups excluding carboxylic acids is 1. The van der Waals surface area contributed by atoms with Crippen molar-refractivity contribution in [2.24, 2.45) is 0 Å². The highest BCUT2D eigenvalue weighted by Gasteiger charge is 2.27. The lowest BCUT2D eigenvalue weighted by atomic mass is 10.0. The summed E-state index contributed by atoms with van der Waals surface area (Å²) in [7, 11) is 0. The molecule has 94 valence electrons. The first-order valence-electron chi connectivity index (χ1n) is 6.18. The number of carbonyl (C=O) groups is 1. The lowest BCUT2D eigenvalue weighted by molar-refractivity contribution is -0.136. The van der Waals surface area contributed by atoms with Gasteiger partial charge in [0.05, 0.1) is 11.6 Å². The van der Waals surface area contributed by atoms with Gasteiger partial charge < -0.3 is 15.3 Å². The van der Waals surface area contributed by atoms with Crippen LogP contribution < -0.4 is 5.32 Å². The first kappa shape index (κ1) is 13.5. The smallest absolute Gasteiger partial charge is 0.239 e. The van der Waals surface area contributed by atoms with E-state index in [1.54, 1.807) is 18.7 Å². The Balaban J connectivity index is 2.54. The summed E-state index contributed by atoms with van der Waals surface area (Å²) in [5.41, 5.74) is -0.819. The Morgan fingerprint density at radius 2 is 2.19 bits per heavy atom. The number of hydrogen-bond acceptors (Lipinski definition) is 3. The summed E-state index contributed by atoms with van der Waals surface area (Å²) in [4.78, 5) is 13.9. The van der Waals surface area contributed by atoms with Crippen LogP contribution in [0.1, 0.15) is 40.0 Å². The van der Waals surface area contributed by atoms with Gasteiger partial charge in [0.1, 0.15) is 0 Å². The van der Waals surface area contributed by atoms with E-state index < -0.39 is 5.60 Å². The third-order valence-corrected chi connectivity index (χ3v) is 2.88. The highest BCUT2D eigenvalue weighted by molar-refractivity contribution is 5.82. The maximum absolute atomic E-state index is 12.2. The summed E-state index contributed by atoms with van der Waals surface area (Å²) in [5, 5.41) is 13.0. The van der Waals surface area contributed by atoms with Gasteiger partial charge >= 0.3 is 0 Å². The minimum Gasteiger partial charge on any atom is -0.389 e. The molecule has 0 aliphatic carbocycles. The van der Waals surface area contributed by atoms with Gasteiger partial charge in [-0.2, -0.15) is 0 Å². The molecule has 1 atom stereocenters. The van der Waals surface area contributed by atoms with Gasteiger partial charge in [0.15, 0.2) is 0 Å². The Hall–Kier alpha value is -0.610. The second-order valence-electron chi connectivity index (χ2n) is 5.17. The summed E-state index contributed by atoms with van der Waals surface area (Å²) in [6.07, 6.45) is 3.19. The standard InChI is InChI=1S/C12H24N2O2/c1-4-14(9-12(2,3)16)11(15)10-7-5-6-8-13-10/h10,13,16H,4-9H2,1-3H3/t10-/m0/s1. The molecule has 4 heteroatoms. The number of likely N-dealkylation sites (N-methyl/N-ethyl adjacent to an activating group) is 1. The van der Waals surface area contributed by atoms with Crippen LogP contribution in [0.15, 0.2) is 0 Å². The largest absolute Gasteiger partial charge is 0.389 e. The molecule has 0 radical (unpaired) electrons. The Morgan fingerprint density at radius 1 is 1.50 bits per heavy atom. The van der Waals surface area contributed by atoms with E-state index in [1.165, 1.54) is 0 Å². The van der Waals surface area contributed by atoms with Gasteiger partial charge in [-0.1, -0.05) is 6.42 Å². The molecule has 16 heavy (non-hydrogen) atoms. The van der Waals surface area contributed by atoms with Crippen molar-refractivity contribution in [3.8, 4) is 0 Å². The van der Waals surface area contributed by atoms with E-state index in [0.717, 1.165) is 25.8 Å². The van der Waals surface area contributed by atoms with Crippen LogP contribution in [0.25, 0.3) is 0 Å². The molecule has 0 saturated carbocycles. The van der Waals surface area contributed by atoms with Crippen molar-refractivity contribution in [2.75, 3.05) is 19.6 Å². The number of nitrogens with zero attached hydrogens (tertiary/aromatic N) is 1. The van der Waals surface area contributed by atoms with Crippen molar-refractivity contribution >= 4 is 5.91 Å². The Bertz CT molecular complexity index is 230. The Kier molecular flexibility index (Phi) is 4.74. The predicted molar refractivity (Wildman–Crippen MR) is 64.2 cm³/mol. The van der Waals surface area contributed by atoms with Crippen LogP contribution >= 0.6 is 0 Å². The summed E-state index contributed by atoms with van der Waals surface area (Å²) in [6, 6.07) is -0.0453. The minimum absolute atomic E-state index is 0.0453. The van der Waals surface area contributed by atoms with Crippen molar-refractivity contribution < 1.29 is 9.90 Å². The molecule has 0 spiro atoms. The first-order valence-corrected chi connectivity index (χ1v) is 6.18. The fourth-order valence-electron chi connectivity index (χ4n) is 2.10. The number of piperidine rings is 1. The van der Waals surface area contributed by atoms with E-state index in [2.05, 4.69) is 5.32 Å². The molecule has 1 aliphatic rings. The van der Waals surface area contributed by atoms with Crippen LogP contribution in [0.4, 0.5) is 0 Å². The number of aliphatic hydroxyl groups is 1. The topological polar surface area (TPSA) is 52.6 Å². The van der Waals surface area contributed by atoms with Gasteiger partial charge in [0.2, 0.25) is 5.91 Å². The normalized spacial score (nSPS) is 21.9. The zero-order chi connectivity index (χ0) is 12.2. The second-order valence-corrected chi connectivity index (χ2v) is 5.17. The van der Waals surface area contributed by atoms with Gasteiger partial charge in [-0.25, -0.2) is 0 Å². The van der Waals surface area contributed by atoms with Crippen molar-refractivity contribution in [1.82, 2.24) is 10.2 Å². The molecule has 1 amide bonds. The molecule has 0 aromatic heterocycles. The molecule has 0 bridgehead atoms. The van der Waals surface area contributed by atoms with Gasteiger partial charge in [0.25, 0.3) is 0 Å². The van der Waals surface area contributed by atoms with E-state index in [-0.39, 0.29) is 11.9 Å². The number of nitrogens with one attached hydrogen (secondary N) is 1. The van der Waals surface area contributed by atoms with E-state index in [1.807, 2.05) is 6.92 Å². The van der Waals surface area contributed by atoms with Crippen molar-refractivity contribution in [2.45, 2.75) is 51.7 Å².